The molecule has 0 aromatic carbocycles. The zero-order chi connectivity index (χ0) is 11.4. The number of nitrogens with zero attached hydrogens (tertiary/aromatic N) is 2. The number of aromatic nitrogens is 1. The van der Waals surface area contributed by atoms with Crippen LogP contribution in [-0.2, 0) is 11.3 Å². The number of amides is 1. The summed E-state index contributed by atoms with van der Waals surface area (Å²) < 4.78 is 5.31. The summed E-state index contributed by atoms with van der Waals surface area (Å²) in [6.45, 7) is 3.12. The Balaban J connectivity index is 2.05. The second kappa shape index (κ2) is 5.38. The van der Waals surface area contributed by atoms with E-state index in [0.717, 1.165) is 24.6 Å². The molecule has 16 heavy (non-hydrogen) atoms. The molecule has 1 aliphatic heterocycles. The van der Waals surface area contributed by atoms with Gasteiger partial charge in [0.05, 0.1) is 6.61 Å². The van der Waals surface area contributed by atoms with Gasteiger partial charge in [-0.3, -0.25) is 4.79 Å². The number of carbonyl (C=O) groups excluding carboxylic acids is 1. The highest BCUT2D eigenvalue weighted by atomic mass is 32.1. The van der Waals surface area contributed by atoms with Gasteiger partial charge in [-0.2, -0.15) is 0 Å². The van der Waals surface area contributed by atoms with Crippen molar-refractivity contribution in [3.8, 4) is 0 Å². The normalized spacial score (nSPS) is 17.2. The maximum atomic E-state index is 12.1. The average Bonchev–Trinajstić information content (AvgIpc) is 2.62. The van der Waals surface area contributed by atoms with E-state index in [0.29, 0.717) is 25.4 Å². The number of hydrogen-bond donors (Lipinski definition) is 1. The third-order valence-electron chi connectivity index (χ3n) is 2.45. The molecular weight excluding hydrogens is 226 g/mol. The van der Waals surface area contributed by atoms with Crippen LogP contribution in [0.5, 0.6) is 0 Å². The van der Waals surface area contributed by atoms with E-state index in [4.69, 9.17) is 10.5 Å². The molecule has 6 heteroatoms. The van der Waals surface area contributed by atoms with Crippen molar-refractivity contribution < 1.29 is 9.53 Å². The fourth-order valence-electron chi connectivity index (χ4n) is 1.61. The Bertz CT molecular complexity index is 359. The van der Waals surface area contributed by atoms with Crippen molar-refractivity contribution in [1.29, 1.82) is 0 Å². The van der Waals surface area contributed by atoms with Crippen molar-refractivity contribution >= 4 is 17.2 Å². The molecule has 1 aliphatic rings. The molecule has 0 radical (unpaired) electrons. The van der Waals surface area contributed by atoms with Gasteiger partial charge in [-0.1, -0.05) is 0 Å². The molecule has 2 N–H and O–H groups in total. The average molecular weight is 241 g/mol. The van der Waals surface area contributed by atoms with Crippen molar-refractivity contribution in [2.75, 3.05) is 26.3 Å². The van der Waals surface area contributed by atoms with Crippen molar-refractivity contribution in [1.82, 2.24) is 9.88 Å². The molecule has 1 fully saturated rings. The largest absolute Gasteiger partial charge is 0.380 e. The predicted molar refractivity (Wildman–Crippen MR) is 61.3 cm³/mol. The Hall–Kier alpha value is -0.980. The van der Waals surface area contributed by atoms with E-state index in [9.17, 15) is 4.79 Å². The van der Waals surface area contributed by atoms with E-state index in [1.807, 2.05) is 0 Å². The minimum absolute atomic E-state index is 0.0125. The standard InChI is InChI=1S/C10H15N3O2S/c11-6-9-12-8(7-16-9)10(14)13-2-1-4-15-5-3-13/h7H,1-6,11H2. The van der Waals surface area contributed by atoms with Crippen LogP contribution in [0.1, 0.15) is 21.9 Å². The molecule has 1 amide bonds. The zero-order valence-electron chi connectivity index (χ0n) is 9.02. The third kappa shape index (κ3) is 2.58. The lowest BCUT2D eigenvalue weighted by molar-refractivity contribution is 0.0736. The Morgan fingerprint density at radius 1 is 1.56 bits per heavy atom. The number of carbonyl (C=O) groups is 1. The summed E-state index contributed by atoms with van der Waals surface area (Å²) in [5, 5.41) is 2.57. The van der Waals surface area contributed by atoms with Crippen molar-refractivity contribution in [2.45, 2.75) is 13.0 Å². The first kappa shape index (κ1) is 11.5. The van der Waals surface area contributed by atoms with E-state index in [2.05, 4.69) is 4.98 Å². The van der Waals surface area contributed by atoms with Crippen LogP contribution in [0.15, 0.2) is 5.38 Å². The molecule has 2 rings (SSSR count). The molecule has 0 aliphatic carbocycles. The monoisotopic (exact) mass is 241 g/mol. The Morgan fingerprint density at radius 3 is 3.19 bits per heavy atom. The summed E-state index contributed by atoms with van der Waals surface area (Å²) >= 11 is 1.43. The van der Waals surface area contributed by atoms with Crippen LogP contribution in [0.25, 0.3) is 0 Å². The van der Waals surface area contributed by atoms with E-state index in [-0.39, 0.29) is 5.91 Å². The summed E-state index contributed by atoms with van der Waals surface area (Å²) in [4.78, 5) is 18.0. The maximum absolute atomic E-state index is 12.1. The molecule has 1 aromatic heterocycles. The van der Waals surface area contributed by atoms with Gasteiger partial charge in [0.25, 0.3) is 5.91 Å². The van der Waals surface area contributed by atoms with Crippen LogP contribution in [0.3, 0.4) is 0 Å². The topological polar surface area (TPSA) is 68.5 Å². The lowest BCUT2D eigenvalue weighted by Gasteiger charge is -2.17. The van der Waals surface area contributed by atoms with Gasteiger partial charge in [-0.25, -0.2) is 4.98 Å². The molecule has 1 saturated heterocycles. The molecule has 2 heterocycles. The van der Waals surface area contributed by atoms with E-state index >= 15 is 0 Å². The highest BCUT2D eigenvalue weighted by Gasteiger charge is 2.19. The molecule has 88 valence electrons. The number of thiazole rings is 1. The van der Waals surface area contributed by atoms with Gasteiger partial charge in [0.1, 0.15) is 10.7 Å². The van der Waals surface area contributed by atoms with E-state index in [1.165, 1.54) is 11.3 Å². The summed E-state index contributed by atoms with van der Waals surface area (Å²) in [5.41, 5.74) is 5.98. The van der Waals surface area contributed by atoms with Gasteiger partial charge in [-0.05, 0) is 6.42 Å². The number of nitrogens with two attached hydrogens (primary N) is 1. The summed E-state index contributed by atoms with van der Waals surface area (Å²) in [6.07, 6.45) is 0.889. The van der Waals surface area contributed by atoms with Crippen LogP contribution < -0.4 is 5.73 Å². The van der Waals surface area contributed by atoms with Gasteiger partial charge in [-0.15, -0.1) is 11.3 Å². The smallest absolute Gasteiger partial charge is 0.273 e. The summed E-state index contributed by atoms with van der Waals surface area (Å²) in [7, 11) is 0. The van der Waals surface area contributed by atoms with Crippen molar-refractivity contribution in [3.05, 3.63) is 16.1 Å². The molecule has 5 nitrogen and oxygen atoms in total. The quantitative estimate of drug-likeness (QED) is 0.817. The van der Waals surface area contributed by atoms with Gasteiger partial charge in [0.2, 0.25) is 0 Å². The maximum Gasteiger partial charge on any atom is 0.273 e. The van der Waals surface area contributed by atoms with Gasteiger partial charge in [0, 0.05) is 31.6 Å². The highest BCUT2D eigenvalue weighted by molar-refractivity contribution is 7.09. The summed E-state index contributed by atoms with van der Waals surface area (Å²) in [5.74, 6) is -0.0125. The summed E-state index contributed by atoms with van der Waals surface area (Å²) in [6, 6.07) is 0. The van der Waals surface area contributed by atoms with Crippen LogP contribution in [-0.4, -0.2) is 42.1 Å². The molecule has 0 atom stereocenters. The van der Waals surface area contributed by atoms with E-state index < -0.39 is 0 Å². The first-order valence-electron chi connectivity index (χ1n) is 5.33. The molecule has 0 saturated carbocycles. The number of ether oxygens (including phenoxy) is 1. The minimum Gasteiger partial charge on any atom is -0.380 e. The van der Waals surface area contributed by atoms with Crippen LogP contribution >= 0.6 is 11.3 Å². The highest BCUT2D eigenvalue weighted by Crippen LogP contribution is 2.12. The second-order valence-corrected chi connectivity index (χ2v) is 4.53. The number of rotatable bonds is 2. The van der Waals surface area contributed by atoms with Crippen LogP contribution in [0.4, 0.5) is 0 Å². The first-order chi connectivity index (χ1) is 7.81. The lowest BCUT2D eigenvalue weighted by atomic mass is 10.3. The van der Waals surface area contributed by atoms with Crippen molar-refractivity contribution in [3.63, 3.8) is 0 Å². The first-order valence-corrected chi connectivity index (χ1v) is 6.20. The molecular formula is C10H15N3O2S. The molecule has 0 unspecified atom stereocenters. The minimum atomic E-state index is -0.0125. The van der Waals surface area contributed by atoms with Crippen molar-refractivity contribution in [2.24, 2.45) is 5.73 Å². The Morgan fingerprint density at radius 2 is 2.44 bits per heavy atom. The lowest BCUT2D eigenvalue weighted by Crippen LogP contribution is -2.33. The van der Waals surface area contributed by atoms with Crippen LogP contribution in [0.2, 0.25) is 0 Å². The fraction of sp³-hybridized carbons (Fsp3) is 0.600. The second-order valence-electron chi connectivity index (χ2n) is 3.59. The number of hydrogen-bond acceptors (Lipinski definition) is 5. The Kier molecular flexibility index (Phi) is 3.87. The van der Waals surface area contributed by atoms with Gasteiger partial charge in [0.15, 0.2) is 0 Å². The molecule has 0 spiro atoms. The van der Waals surface area contributed by atoms with Gasteiger partial charge >= 0.3 is 0 Å². The molecule has 1 aromatic rings. The van der Waals surface area contributed by atoms with Gasteiger partial charge < -0.3 is 15.4 Å². The fourth-order valence-corrected chi connectivity index (χ4v) is 2.26. The third-order valence-corrected chi connectivity index (χ3v) is 3.33. The predicted octanol–water partition coefficient (Wildman–Crippen LogP) is 0.464. The molecule has 0 bridgehead atoms. The van der Waals surface area contributed by atoms with Crippen LogP contribution in [0, 0.1) is 0 Å². The van der Waals surface area contributed by atoms with E-state index in [1.54, 1.807) is 10.3 Å². The SMILES string of the molecule is NCc1nc(C(=O)N2CCCOCC2)cs1. The Labute approximate surface area is 98.2 Å². The zero-order valence-corrected chi connectivity index (χ0v) is 9.83.